The number of piperidine rings is 1. The SMILES string of the molecule is CCC1[C@@H](COc2ccncc2)CCCN1C(=O)c1cc(C)ccc1-c1ncccn1. The predicted molar refractivity (Wildman–Crippen MR) is 120 cm³/mol. The van der Waals surface area contributed by atoms with Gasteiger partial charge in [0, 0.05) is 48.9 Å². The first-order chi connectivity index (χ1) is 15.2. The maximum Gasteiger partial charge on any atom is 0.254 e. The Morgan fingerprint density at radius 3 is 2.65 bits per heavy atom. The van der Waals surface area contributed by atoms with Crippen molar-refractivity contribution in [2.24, 2.45) is 5.92 Å². The van der Waals surface area contributed by atoms with Crippen LogP contribution in [0.3, 0.4) is 0 Å². The molecule has 2 aromatic heterocycles. The number of carbonyl (C=O) groups is 1. The number of benzene rings is 1. The molecule has 160 valence electrons. The van der Waals surface area contributed by atoms with E-state index in [2.05, 4.69) is 21.9 Å². The van der Waals surface area contributed by atoms with Gasteiger partial charge in [-0.15, -0.1) is 0 Å². The topological polar surface area (TPSA) is 68.2 Å². The van der Waals surface area contributed by atoms with Gasteiger partial charge in [0.15, 0.2) is 5.82 Å². The monoisotopic (exact) mass is 416 g/mol. The largest absolute Gasteiger partial charge is 0.493 e. The average Bonchev–Trinajstić information content (AvgIpc) is 2.83. The normalized spacial score (nSPS) is 18.6. The minimum absolute atomic E-state index is 0.0478. The minimum atomic E-state index is 0.0478. The van der Waals surface area contributed by atoms with E-state index in [1.165, 1.54) is 0 Å². The van der Waals surface area contributed by atoms with Crippen LogP contribution in [0.5, 0.6) is 5.75 Å². The highest BCUT2D eigenvalue weighted by Gasteiger charge is 2.35. The van der Waals surface area contributed by atoms with Gasteiger partial charge >= 0.3 is 0 Å². The van der Waals surface area contributed by atoms with Gasteiger partial charge in [-0.3, -0.25) is 9.78 Å². The molecule has 3 aromatic rings. The first-order valence-corrected chi connectivity index (χ1v) is 10.9. The van der Waals surface area contributed by atoms with E-state index in [1.54, 1.807) is 30.9 Å². The van der Waals surface area contributed by atoms with Crippen molar-refractivity contribution in [3.63, 3.8) is 0 Å². The van der Waals surface area contributed by atoms with Crippen LogP contribution in [0.4, 0.5) is 0 Å². The van der Waals surface area contributed by atoms with E-state index in [0.717, 1.165) is 42.7 Å². The molecule has 6 nitrogen and oxygen atoms in total. The number of aromatic nitrogens is 3. The second-order valence-electron chi connectivity index (χ2n) is 7.99. The molecule has 1 aromatic carbocycles. The van der Waals surface area contributed by atoms with Crippen LogP contribution in [0.2, 0.25) is 0 Å². The molecule has 0 saturated carbocycles. The zero-order chi connectivity index (χ0) is 21.6. The number of pyridine rings is 1. The number of likely N-dealkylation sites (tertiary alicyclic amines) is 1. The predicted octanol–water partition coefficient (Wildman–Crippen LogP) is 4.56. The zero-order valence-electron chi connectivity index (χ0n) is 18.1. The Labute approximate surface area is 183 Å². The molecule has 1 unspecified atom stereocenters. The average molecular weight is 417 g/mol. The Morgan fingerprint density at radius 1 is 1.13 bits per heavy atom. The number of rotatable bonds is 6. The van der Waals surface area contributed by atoms with Crippen molar-refractivity contribution in [1.82, 2.24) is 19.9 Å². The highest BCUT2D eigenvalue weighted by Crippen LogP contribution is 2.31. The van der Waals surface area contributed by atoms with E-state index < -0.39 is 0 Å². The molecule has 0 spiro atoms. The lowest BCUT2D eigenvalue weighted by Crippen LogP contribution is -2.49. The molecule has 4 rings (SSSR count). The number of carbonyl (C=O) groups excluding carboxylic acids is 1. The summed E-state index contributed by atoms with van der Waals surface area (Å²) in [5, 5.41) is 0. The third-order valence-corrected chi connectivity index (χ3v) is 5.92. The smallest absolute Gasteiger partial charge is 0.254 e. The van der Waals surface area contributed by atoms with Gasteiger partial charge in [-0.1, -0.05) is 24.6 Å². The Balaban J connectivity index is 1.58. The molecule has 31 heavy (non-hydrogen) atoms. The van der Waals surface area contributed by atoms with Crippen LogP contribution in [0.15, 0.2) is 61.2 Å². The molecule has 0 radical (unpaired) electrons. The van der Waals surface area contributed by atoms with Crippen molar-refractivity contribution >= 4 is 5.91 Å². The van der Waals surface area contributed by atoms with Crippen LogP contribution in [0.25, 0.3) is 11.4 Å². The lowest BCUT2D eigenvalue weighted by molar-refractivity contribution is 0.0397. The Morgan fingerprint density at radius 2 is 1.90 bits per heavy atom. The number of hydrogen-bond donors (Lipinski definition) is 0. The van der Waals surface area contributed by atoms with Crippen LogP contribution in [0.1, 0.15) is 42.1 Å². The molecule has 3 heterocycles. The zero-order valence-corrected chi connectivity index (χ0v) is 18.1. The van der Waals surface area contributed by atoms with Crippen molar-refractivity contribution < 1.29 is 9.53 Å². The molecule has 1 aliphatic heterocycles. The molecule has 0 bridgehead atoms. The highest BCUT2D eigenvalue weighted by atomic mass is 16.5. The van der Waals surface area contributed by atoms with Crippen LogP contribution >= 0.6 is 0 Å². The van der Waals surface area contributed by atoms with Gasteiger partial charge in [-0.05, 0) is 50.5 Å². The van der Waals surface area contributed by atoms with Gasteiger partial charge in [0.25, 0.3) is 5.91 Å². The summed E-state index contributed by atoms with van der Waals surface area (Å²) < 4.78 is 6.03. The van der Waals surface area contributed by atoms with Crippen LogP contribution in [-0.2, 0) is 0 Å². The van der Waals surface area contributed by atoms with Gasteiger partial charge < -0.3 is 9.64 Å². The van der Waals surface area contributed by atoms with Gasteiger partial charge in [0.1, 0.15) is 5.75 Å². The van der Waals surface area contributed by atoms with Crippen LogP contribution in [0, 0.1) is 12.8 Å². The van der Waals surface area contributed by atoms with E-state index in [9.17, 15) is 4.79 Å². The van der Waals surface area contributed by atoms with Gasteiger partial charge in [-0.25, -0.2) is 9.97 Å². The summed E-state index contributed by atoms with van der Waals surface area (Å²) in [6.07, 6.45) is 9.78. The Kier molecular flexibility index (Phi) is 6.55. The third-order valence-electron chi connectivity index (χ3n) is 5.92. The van der Waals surface area contributed by atoms with Crippen molar-refractivity contribution in [3.8, 4) is 17.1 Å². The van der Waals surface area contributed by atoms with Crippen molar-refractivity contribution in [2.75, 3.05) is 13.2 Å². The Hall–Kier alpha value is -3.28. The fraction of sp³-hybridized carbons (Fsp3) is 0.360. The van der Waals surface area contributed by atoms with Crippen molar-refractivity contribution in [1.29, 1.82) is 0 Å². The molecule has 1 fully saturated rings. The van der Waals surface area contributed by atoms with E-state index in [-0.39, 0.29) is 17.9 Å². The van der Waals surface area contributed by atoms with Gasteiger partial charge in [0.2, 0.25) is 0 Å². The molecule has 1 aliphatic rings. The minimum Gasteiger partial charge on any atom is -0.493 e. The van der Waals surface area contributed by atoms with Gasteiger partial charge in [-0.2, -0.15) is 0 Å². The van der Waals surface area contributed by atoms with E-state index in [0.29, 0.717) is 18.0 Å². The second-order valence-corrected chi connectivity index (χ2v) is 7.99. The highest BCUT2D eigenvalue weighted by molar-refractivity contribution is 6.00. The van der Waals surface area contributed by atoms with Crippen molar-refractivity contribution in [3.05, 3.63) is 72.3 Å². The number of amides is 1. The summed E-state index contributed by atoms with van der Waals surface area (Å²) >= 11 is 0. The van der Waals surface area contributed by atoms with Crippen molar-refractivity contribution in [2.45, 2.75) is 39.2 Å². The molecular formula is C25H28N4O2. The summed E-state index contributed by atoms with van der Waals surface area (Å²) in [6, 6.07) is 11.6. The fourth-order valence-electron chi connectivity index (χ4n) is 4.40. The lowest BCUT2D eigenvalue weighted by Gasteiger charge is -2.41. The standard InChI is InChI=1S/C25H28N4O2/c1-3-23-19(17-31-20-9-13-26-14-10-20)6-4-15-29(23)25(30)22-16-18(2)7-8-21(22)24-27-11-5-12-28-24/h5,7-14,16,19,23H,3-4,6,15,17H2,1-2H3/t19-,23?/m1/s1. The molecule has 1 saturated heterocycles. The number of ether oxygens (including phenoxy) is 1. The first-order valence-electron chi connectivity index (χ1n) is 10.9. The molecule has 2 atom stereocenters. The first kappa shape index (κ1) is 21.0. The van der Waals surface area contributed by atoms with E-state index >= 15 is 0 Å². The quantitative estimate of drug-likeness (QED) is 0.589. The second kappa shape index (κ2) is 9.69. The maximum atomic E-state index is 13.8. The molecule has 0 aliphatic carbocycles. The van der Waals surface area contributed by atoms with E-state index in [1.807, 2.05) is 42.2 Å². The van der Waals surface area contributed by atoms with Crippen LogP contribution < -0.4 is 4.74 Å². The van der Waals surface area contributed by atoms with Gasteiger partial charge in [0.05, 0.1) is 12.2 Å². The molecule has 1 amide bonds. The molecular weight excluding hydrogens is 388 g/mol. The lowest BCUT2D eigenvalue weighted by atomic mass is 9.87. The third kappa shape index (κ3) is 4.74. The summed E-state index contributed by atoms with van der Waals surface area (Å²) in [5.74, 6) is 1.73. The Bertz CT molecular complexity index is 1010. The number of aryl methyl sites for hydroxylation is 1. The fourth-order valence-corrected chi connectivity index (χ4v) is 4.40. The number of hydrogen-bond acceptors (Lipinski definition) is 5. The summed E-state index contributed by atoms with van der Waals surface area (Å²) in [7, 11) is 0. The molecule has 6 heteroatoms. The van der Waals surface area contributed by atoms with E-state index in [4.69, 9.17) is 4.74 Å². The maximum absolute atomic E-state index is 13.8. The summed E-state index contributed by atoms with van der Waals surface area (Å²) in [4.78, 5) is 28.6. The number of nitrogens with zero attached hydrogens (tertiary/aromatic N) is 4. The van der Waals surface area contributed by atoms with Crippen LogP contribution in [-0.4, -0.2) is 45.0 Å². The molecule has 0 N–H and O–H groups in total. The summed E-state index contributed by atoms with van der Waals surface area (Å²) in [5.41, 5.74) is 2.49. The summed E-state index contributed by atoms with van der Waals surface area (Å²) in [6.45, 7) is 5.50.